The van der Waals surface area contributed by atoms with Crippen LogP contribution < -0.4 is 9.47 Å². The van der Waals surface area contributed by atoms with E-state index in [0.29, 0.717) is 25.7 Å². The second kappa shape index (κ2) is 8.01. The summed E-state index contributed by atoms with van der Waals surface area (Å²) in [6, 6.07) is 5.97. The molecule has 1 fully saturated rings. The lowest BCUT2D eigenvalue weighted by molar-refractivity contribution is -0.274. The fourth-order valence-corrected chi connectivity index (χ4v) is 2.67. The van der Waals surface area contributed by atoms with Gasteiger partial charge in [-0.2, -0.15) is 9.65 Å². The molecule has 0 atom stereocenters. The molecule has 2 rings (SSSR count). The van der Waals surface area contributed by atoms with Crippen LogP contribution in [0.25, 0.3) is 0 Å². The minimum atomic E-state index is -4.78. The molecule has 1 saturated carbocycles. The SMILES string of the molecule is N#CC(F)=CC1CCC(C(=O)Oc2ccc(OC(F)(F)F)cc2)CC1. The Kier molecular flexibility index (Phi) is 6.02. The minimum absolute atomic E-state index is 0.0810. The number of rotatable bonds is 4. The zero-order chi connectivity index (χ0) is 18.4. The third kappa shape index (κ3) is 6.10. The average molecular weight is 357 g/mol. The first kappa shape index (κ1) is 18.8. The van der Waals surface area contributed by atoms with Gasteiger partial charge in [-0.1, -0.05) is 0 Å². The summed E-state index contributed by atoms with van der Waals surface area (Å²) in [5.41, 5.74) is 0. The van der Waals surface area contributed by atoms with Gasteiger partial charge >= 0.3 is 12.3 Å². The predicted molar refractivity (Wildman–Crippen MR) is 79.0 cm³/mol. The first-order chi connectivity index (χ1) is 11.8. The summed E-state index contributed by atoms with van der Waals surface area (Å²) in [5, 5.41) is 8.41. The van der Waals surface area contributed by atoms with Gasteiger partial charge in [0.2, 0.25) is 0 Å². The van der Waals surface area contributed by atoms with Gasteiger partial charge in [-0.25, -0.2) is 0 Å². The number of benzene rings is 1. The van der Waals surface area contributed by atoms with Crippen LogP contribution in [0, 0.1) is 23.2 Å². The number of carbonyl (C=O) groups excluding carboxylic acids is 1. The van der Waals surface area contributed by atoms with Gasteiger partial charge in [0.15, 0.2) is 5.83 Å². The Bertz CT molecular complexity index is 669. The van der Waals surface area contributed by atoms with Crippen molar-refractivity contribution in [3.05, 3.63) is 36.2 Å². The van der Waals surface area contributed by atoms with Gasteiger partial charge in [0.1, 0.15) is 17.6 Å². The number of nitrogens with zero attached hydrogens (tertiary/aromatic N) is 1. The molecule has 0 N–H and O–H groups in total. The molecule has 134 valence electrons. The molecule has 0 radical (unpaired) electrons. The maximum Gasteiger partial charge on any atom is 0.573 e. The highest BCUT2D eigenvalue weighted by Crippen LogP contribution is 2.32. The summed E-state index contributed by atoms with van der Waals surface area (Å²) < 4.78 is 58.0. The highest BCUT2D eigenvalue weighted by molar-refractivity contribution is 5.75. The second-order valence-electron chi connectivity index (χ2n) is 5.68. The number of nitriles is 1. The van der Waals surface area contributed by atoms with Crippen molar-refractivity contribution in [3.8, 4) is 17.6 Å². The Hall–Kier alpha value is -2.56. The average Bonchev–Trinajstić information content (AvgIpc) is 2.56. The fourth-order valence-electron chi connectivity index (χ4n) is 2.67. The maximum absolute atomic E-state index is 12.9. The number of hydrogen-bond donors (Lipinski definition) is 0. The third-order valence-electron chi connectivity index (χ3n) is 3.87. The summed E-state index contributed by atoms with van der Waals surface area (Å²) in [6.07, 6.45) is -1.40. The number of allylic oxidation sites excluding steroid dienone is 2. The Balaban J connectivity index is 1.86. The molecule has 0 aliphatic heterocycles. The van der Waals surface area contributed by atoms with Crippen LogP contribution >= 0.6 is 0 Å². The van der Waals surface area contributed by atoms with E-state index in [9.17, 15) is 22.4 Å². The van der Waals surface area contributed by atoms with E-state index in [-0.39, 0.29) is 17.6 Å². The third-order valence-corrected chi connectivity index (χ3v) is 3.87. The number of alkyl halides is 3. The van der Waals surface area contributed by atoms with E-state index < -0.39 is 23.9 Å². The van der Waals surface area contributed by atoms with E-state index >= 15 is 0 Å². The molecule has 0 heterocycles. The fraction of sp³-hybridized carbons (Fsp3) is 0.412. The molecule has 1 aliphatic rings. The number of carbonyl (C=O) groups is 1. The molecule has 25 heavy (non-hydrogen) atoms. The quantitative estimate of drug-likeness (QED) is 0.340. The maximum atomic E-state index is 12.9. The van der Waals surface area contributed by atoms with Gasteiger partial charge in [0.25, 0.3) is 0 Å². The van der Waals surface area contributed by atoms with Crippen LogP contribution in [0.2, 0.25) is 0 Å². The Labute approximate surface area is 141 Å². The van der Waals surface area contributed by atoms with Crippen molar-refractivity contribution in [2.75, 3.05) is 0 Å². The van der Waals surface area contributed by atoms with Crippen LogP contribution in [0.5, 0.6) is 11.5 Å². The van der Waals surface area contributed by atoms with Crippen molar-refractivity contribution in [1.29, 1.82) is 5.26 Å². The van der Waals surface area contributed by atoms with Gasteiger partial charge in [-0.05, 0) is 61.9 Å². The van der Waals surface area contributed by atoms with E-state index in [2.05, 4.69) is 4.74 Å². The molecule has 0 unspecified atom stereocenters. The lowest BCUT2D eigenvalue weighted by Crippen LogP contribution is -2.25. The molecule has 0 amide bonds. The summed E-state index contributed by atoms with van der Waals surface area (Å²) in [6.45, 7) is 0. The Morgan fingerprint density at radius 1 is 1.12 bits per heavy atom. The Morgan fingerprint density at radius 3 is 2.20 bits per heavy atom. The molecular formula is C17H15F4NO3. The van der Waals surface area contributed by atoms with Crippen LogP contribution in [-0.2, 0) is 4.79 Å². The van der Waals surface area contributed by atoms with Gasteiger partial charge in [0, 0.05) is 0 Å². The molecular weight excluding hydrogens is 342 g/mol. The molecule has 8 heteroatoms. The van der Waals surface area contributed by atoms with Gasteiger partial charge in [0.05, 0.1) is 5.92 Å². The monoisotopic (exact) mass is 357 g/mol. The van der Waals surface area contributed by atoms with Gasteiger partial charge < -0.3 is 9.47 Å². The van der Waals surface area contributed by atoms with E-state index in [0.717, 1.165) is 12.1 Å². The van der Waals surface area contributed by atoms with E-state index in [1.165, 1.54) is 24.3 Å². The smallest absolute Gasteiger partial charge is 0.426 e. The molecule has 0 bridgehead atoms. The summed E-state index contributed by atoms with van der Waals surface area (Å²) in [7, 11) is 0. The van der Waals surface area contributed by atoms with E-state index in [4.69, 9.17) is 10.00 Å². The molecule has 1 aromatic carbocycles. The summed E-state index contributed by atoms with van der Waals surface area (Å²) in [4.78, 5) is 12.1. The zero-order valence-corrected chi connectivity index (χ0v) is 13.1. The highest BCUT2D eigenvalue weighted by Gasteiger charge is 2.31. The molecule has 1 aromatic rings. The van der Waals surface area contributed by atoms with Crippen LogP contribution in [0.4, 0.5) is 17.6 Å². The summed E-state index contributed by atoms with van der Waals surface area (Å²) >= 11 is 0. The second-order valence-corrected chi connectivity index (χ2v) is 5.68. The van der Waals surface area contributed by atoms with Crippen LogP contribution in [0.1, 0.15) is 25.7 Å². The largest absolute Gasteiger partial charge is 0.573 e. The van der Waals surface area contributed by atoms with Crippen molar-refractivity contribution in [3.63, 3.8) is 0 Å². The molecule has 0 aromatic heterocycles. The van der Waals surface area contributed by atoms with Crippen molar-refractivity contribution >= 4 is 5.97 Å². The minimum Gasteiger partial charge on any atom is -0.426 e. The number of hydrogen-bond acceptors (Lipinski definition) is 4. The first-order valence-corrected chi connectivity index (χ1v) is 7.62. The standard InChI is InChI=1S/C17H15F4NO3/c18-13(10-22)9-11-1-3-12(4-2-11)16(23)24-14-5-7-15(8-6-14)25-17(19,20)21/h5-9,11-12H,1-4H2. The number of halogens is 4. The van der Waals surface area contributed by atoms with Gasteiger partial charge in [-0.15, -0.1) is 13.2 Å². The van der Waals surface area contributed by atoms with Crippen LogP contribution in [0.15, 0.2) is 36.2 Å². The van der Waals surface area contributed by atoms with E-state index in [1.807, 2.05) is 0 Å². The zero-order valence-electron chi connectivity index (χ0n) is 13.1. The van der Waals surface area contributed by atoms with E-state index in [1.54, 1.807) is 0 Å². The number of esters is 1. The molecule has 0 spiro atoms. The predicted octanol–water partition coefficient (Wildman–Crippen LogP) is 4.67. The Morgan fingerprint density at radius 2 is 1.68 bits per heavy atom. The molecule has 4 nitrogen and oxygen atoms in total. The summed E-state index contributed by atoms with van der Waals surface area (Å²) in [5.74, 6) is -2.03. The van der Waals surface area contributed by atoms with Crippen molar-refractivity contribution in [2.24, 2.45) is 11.8 Å². The van der Waals surface area contributed by atoms with Crippen molar-refractivity contribution in [2.45, 2.75) is 32.0 Å². The van der Waals surface area contributed by atoms with Crippen LogP contribution in [0.3, 0.4) is 0 Å². The molecule has 0 saturated heterocycles. The molecule has 1 aliphatic carbocycles. The lowest BCUT2D eigenvalue weighted by atomic mass is 9.82. The van der Waals surface area contributed by atoms with Crippen molar-refractivity contribution in [1.82, 2.24) is 0 Å². The number of ether oxygens (including phenoxy) is 2. The van der Waals surface area contributed by atoms with Crippen molar-refractivity contribution < 1.29 is 31.8 Å². The van der Waals surface area contributed by atoms with Gasteiger partial charge in [-0.3, -0.25) is 4.79 Å². The first-order valence-electron chi connectivity index (χ1n) is 7.62. The lowest BCUT2D eigenvalue weighted by Gasteiger charge is -2.25. The van der Waals surface area contributed by atoms with Crippen LogP contribution in [-0.4, -0.2) is 12.3 Å². The topological polar surface area (TPSA) is 59.3 Å². The normalized spacial score (nSPS) is 21.3. The highest BCUT2D eigenvalue weighted by atomic mass is 19.4.